The highest BCUT2D eigenvalue weighted by Crippen LogP contribution is 2.36. The van der Waals surface area contributed by atoms with Crippen LogP contribution in [-0.4, -0.2) is 36.2 Å². The molecule has 0 radical (unpaired) electrons. The summed E-state index contributed by atoms with van der Waals surface area (Å²) in [6.07, 6.45) is 1.83. The Morgan fingerprint density at radius 3 is 2.55 bits per heavy atom. The van der Waals surface area contributed by atoms with Crippen molar-refractivity contribution in [1.29, 1.82) is 0 Å². The molecule has 5 nitrogen and oxygen atoms in total. The van der Waals surface area contributed by atoms with Gasteiger partial charge in [0.2, 0.25) is 0 Å². The number of carbonyl (C=O) groups is 1. The molecule has 0 saturated carbocycles. The molecular formula is C21H20BrClN2O3S. The molecule has 8 heteroatoms. The van der Waals surface area contributed by atoms with E-state index in [1.807, 2.05) is 50.3 Å². The highest BCUT2D eigenvalue weighted by atomic mass is 79.9. The lowest BCUT2D eigenvalue weighted by molar-refractivity contribution is -0.121. The van der Waals surface area contributed by atoms with Gasteiger partial charge >= 0.3 is 0 Å². The van der Waals surface area contributed by atoms with Crippen molar-refractivity contribution in [3.63, 3.8) is 0 Å². The number of carbonyl (C=O) groups excluding carboxylic acids is 1. The molecule has 2 aromatic rings. The monoisotopic (exact) mass is 494 g/mol. The van der Waals surface area contributed by atoms with Crippen LogP contribution in [0.4, 0.5) is 5.69 Å². The molecule has 1 fully saturated rings. The van der Waals surface area contributed by atoms with Crippen molar-refractivity contribution in [3.05, 3.63) is 56.4 Å². The first-order chi connectivity index (χ1) is 13.9. The Kier molecular flexibility index (Phi) is 7.27. The number of hydrogen-bond acceptors (Lipinski definition) is 5. The molecule has 29 heavy (non-hydrogen) atoms. The molecule has 2 aromatic carbocycles. The summed E-state index contributed by atoms with van der Waals surface area (Å²) >= 11 is 10.8. The molecule has 0 bridgehead atoms. The summed E-state index contributed by atoms with van der Waals surface area (Å²) in [5, 5.41) is 1.16. The predicted octanol–water partition coefficient (Wildman–Crippen LogP) is 6.13. The maximum atomic E-state index is 12.7. The first-order valence-electron chi connectivity index (χ1n) is 9.04. The number of halogens is 2. The van der Waals surface area contributed by atoms with E-state index in [-0.39, 0.29) is 5.91 Å². The number of hydrogen-bond donors (Lipinski definition) is 0. The molecule has 0 spiro atoms. The lowest BCUT2D eigenvalue weighted by atomic mass is 10.2. The molecule has 0 atom stereocenters. The molecule has 1 aliphatic heterocycles. The van der Waals surface area contributed by atoms with Crippen molar-refractivity contribution in [3.8, 4) is 11.5 Å². The second kappa shape index (κ2) is 9.69. The van der Waals surface area contributed by atoms with Crippen LogP contribution in [0, 0.1) is 0 Å². The summed E-state index contributed by atoms with van der Waals surface area (Å²) in [4.78, 5) is 19.4. The van der Waals surface area contributed by atoms with Crippen molar-refractivity contribution in [1.82, 2.24) is 4.90 Å². The van der Waals surface area contributed by atoms with Gasteiger partial charge in [0.15, 0.2) is 16.7 Å². The average Bonchev–Trinajstić information content (AvgIpc) is 2.95. The van der Waals surface area contributed by atoms with Gasteiger partial charge in [0.1, 0.15) is 0 Å². The van der Waals surface area contributed by atoms with Gasteiger partial charge in [-0.05, 0) is 83.5 Å². The zero-order valence-corrected chi connectivity index (χ0v) is 19.4. The highest BCUT2D eigenvalue weighted by Gasteiger charge is 2.30. The summed E-state index contributed by atoms with van der Waals surface area (Å²) < 4.78 is 12.1. The van der Waals surface area contributed by atoms with Gasteiger partial charge < -0.3 is 9.47 Å². The third-order valence-corrected chi connectivity index (χ3v) is 6.29. The number of ether oxygens (including phenoxy) is 2. The summed E-state index contributed by atoms with van der Waals surface area (Å²) in [5.74, 6) is 1.24. The number of amides is 1. The summed E-state index contributed by atoms with van der Waals surface area (Å²) in [7, 11) is 1.71. The molecular weight excluding hydrogens is 476 g/mol. The van der Waals surface area contributed by atoms with E-state index in [1.54, 1.807) is 13.1 Å². The maximum absolute atomic E-state index is 12.7. The Morgan fingerprint density at radius 1 is 1.14 bits per heavy atom. The molecule has 1 aliphatic rings. The molecule has 152 valence electrons. The number of amidine groups is 1. The molecule has 0 N–H and O–H groups in total. The van der Waals surface area contributed by atoms with Gasteiger partial charge in [-0.25, -0.2) is 4.99 Å². The van der Waals surface area contributed by atoms with Crippen LogP contribution in [0.3, 0.4) is 0 Å². The minimum atomic E-state index is -0.108. The number of rotatable bonds is 6. The Balaban J connectivity index is 1.88. The number of aliphatic imine (C=N–C) groups is 1. The SMILES string of the molecule is CCOc1ccc(/C=C2\SC(=Nc3ccc(Br)c(Cl)c3)N(C)C2=O)cc1OCC. The van der Waals surface area contributed by atoms with Crippen LogP contribution in [0.2, 0.25) is 5.02 Å². The fourth-order valence-electron chi connectivity index (χ4n) is 2.63. The maximum Gasteiger partial charge on any atom is 0.266 e. The Hall–Kier alpha value is -1.96. The van der Waals surface area contributed by atoms with Gasteiger partial charge in [0, 0.05) is 11.5 Å². The van der Waals surface area contributed by atoms with Gasteiger partial charge in [-0.15, -0.1) is 0 Å². The molecule has 1 amide bonds. The number of benzene rings is 2. The van der Waals surface area contributed by atoms with Crippen molar-refractivity contribution in [2.75, 3.05) is 20.3 Å². The van der Waals surface area contributed by atoms with E-state index in [4.69, 9.17) is 21.1 Å². The highest BCUT2D eigenvalue weighted by molar-refractivity contribution is 9.10. The third-order valence-electron chi connectivity index (χ3n) is 4.00. The normalized spacial score (nSPS) is 16.7. The van der Waals surface area contributed by atoms with Gasteiger partial charge in [-0.1, -0.05) is 17.7 Å². The first kappa shape index (κ1) is 21.7. The van der Waals surface area contributed by atoms with Gasteiger partial charge in [-0.3, -0.25) is 9.69 Å². The third kappa shape index (κ3) is 5.15. The number of thioether (sulfide) groups is 1. The Bertz CT molecular complexity index is 994. The number of nitrogens with zero attached hydrogens (tertiary/aromatic N) is 2. The fourth-order valence-corrected chi connectivity index (χ4v) is 4.03. The summed E-state index contributed by atoms with van der Waals surface area (Å²) in [6.45, 7) is 4.93. The van der Waals surface area contributed by atoms with Crippen LogP contribution >= 0.6 is 39.3 Å². The Labute approximate surface area is 187 Å². The van der Waals surface area contributed by atoms with Gasteiger partial charge in [0.05, 0.1) is 28.8 Å². The standard InChI is InChI=1S/C21H20BrClN2O3S/c1-4-27-17-9-6-13(10-18(17)28-5-2)11-19-20(26)25(3)21(29-19)24-14-7-8-15(22)16(23)12-14/h6-12H,4-5H2,1-3H3/b19-11-,24-21?. The average molecular weight is 496 g/mol. The van der Waals surface area contributed by atoms with Crippen molar-refractivity contribution in [2.24, 2.45) is 4.99 Å². The van der Waals surface area contributed by atoms with E-state index in [2.05, 4.69) is 20.9 Å². The number of likely N-dealkylation sites (N-methyl/N-ethyl adjacent to an activating group) is 1. The molecule has 0 aliphatic carbocycles. The van der Waals surface area contributed by atoms with E-state index < -0.39 is 0 Å². The van der Waals surface area contributed by atoms with Gasteiger partial charge in [0.25, 0.3) is 5.91 Å². The molecule has 0 aromatic heterocycles. The smallest absolute Gasteiger partial charge is 0.266 e. The minimum absolute atomic E-state index is 0.108. The first-order valence-corrected chi connectivity index (χ1v) is 11.0. The van der Waals surface area contributed by atoms with Gasteiger partial charge in [-0.2, -0.15) is 0 Å². The van der Waals surface area contributed by atoms with E-state index in [1.165, 1.54) is 16.7 Å². The van der Waals surface area contributed by atoms with Crippen LogP contribution in [-0.2, 0) is 4.79 Å². The Morgan fingerprint density at radius 2 is 1.86 bits per heavy atom. The van der Waals surface area contributed by atoms with Crippen molar-refractivity contribution >= 4 is 62.1 Å². The molecule has 1 heterocycles. The summed E-state index contributed by atoms with van der Waals surface area (Å²) in [6, 6.07) is 11.0. The largest absolute Gasteiger partial charge is 0.490 e. The summed E-state index contributed by atoms with van der Waals surface area (Å²) in [5.41, 5.74) is 1.54. The fraction of sp³-hybridized carbons (Fsp3) is 0.238. The minimum Gasteiger partial charge on any atom is -0.490 e. The van der Waals surface area contributed by atoms with Crippen LogP contribution < -0.4 is 9.47 Å². The van der Waals surface area contributed by atoms with Crippen molar-refractivity contribution < 1.29 is 14.3 Å². The molecule has 0 unspecified atom stereocenters. The van der Waals surface area contributed by atoms with Crippen LogP contribution in [0.5, 0.6) is 11.5 Å². The second-order valence-corrected chi connectivity index (χ2v) is 8.31. The lowest BCUT2D eigenvalue weighted by Crippen LogP contribution is -2.23. The zero-order valence-electron chi connectivity index (χ0n) is 16.2. The topological polar surface area (TPSA) is 51.1 Å². The molecule has 3 rings (SSSR count). The van der Waals surface area contributed by atoms with E-state index in [0.717, 1.165) is 10.0 Å². The van der Waals surface area contributed by atoms with Crippen LogP contribution in [0.25, 0.3) is 6.08 Å². The van der Waals surface area contributed by atoms with E-state index in [0.29, 0.717) is 45.5 Å². The van der Waals surface area contributed by atoms with Crippen molar-refractivity contribution in [2.45, 2.75) is 13.8 Å². The van der Waals surface area contributed by atoms with E-state index in [9.17, 15) is 4.79 Å². The lowest BCUT2D eigenvalue weighted by Gasteiger charge is -2.11. The predicted molar refractivity (Wildman–Crippen MR) is 123 cm³/mol. The van der Waals surface area contributed by atoms with Crippen LogP contribution in [0.15, 0.2) is 50.8 Å². The quantitative estimate of drug-likeness (QED) is 0.452. The second-order valence-electron chi connectivity index (χ2n) is 6.04. The molecule has 1 saturated heterocycles. The van der Waals surface area contributed by atoms with E-state index >= 15 is 0 Å². The van der Waals surface area contributed by atoms with Crippen LogP contribution in [0.1, 0.15) is 19.4 Å². The zero-order chi connectivity index (χ0) is 21.0.